The highest BCUT2D eigenvalue weighted by atomic mass is 16.5. The molecule has 0 saturated heterocycles. The van der Waals surface area contributed by atoms with Crippen LogP contribution in [-0.4, -0.2) is 25.2 Å². The summed E-state index contributed by atoms with van der Waals surface area (Å²) in [7, 11) is 0. The van der Waals surface area contributed by atoms with Gasteiger partial charge in [0.2, 0.25) is 0 Å². The predicted molar refractivity (Wildman–Crippen MR) is 86.1 cm³/mol. The molecule has 3 rings (SSSR count). The summed E-state index contributed by atoms with van der Waals surface area (Å²) >= 11 is 0. The van der Waals surface area contributed by atoms with Crippen molar-refractivity contribution in [3.05, 3.63) is 72.1 Å². The minimum absolute atomic E-state index is 0.0552. The Labute approximate surface area is 132 Å². The molecule has 0 saturated carbocycles. The smallest absolute Gasteiger partial charge is 0.128 e. The largest absolute Gasteiger partial charge is 0.508 e. The average molecular weight is 309 g/mol. The summed E-state index contributed by atoms with van der Waals surface area (Å²) in [5.74, 6) is -0.200. The predicted octanol–water partition coefficient (Wildman–Crippen LogP) is 2.76. The van der Waals surface area contributed by atoms with Crippen molar-refractivity contribution in [2.75, 3.05) is 0 Å². The van der Waals surface area contributed by atoms with E-state index in [0.29, 0.717) is 5.56 Å². The van der Waals surface area contributed by atoms with Crippen LogP contribution in [0.1, 0.15) is 11.1 Å². The van der Waals surface area contributed by atoms with Crippen molar-refractivity contribution in [3.63, 3.8) is 0 Å². The molecule has 0 fully saturated rings. The highest BCUT2D eigenvalue weighted by molar-refractivity contribution is 5.82. The first-order valence-corrected chi connectivity index (χ1v) is 6.91. The van der Waals surface area contributed by atoms with Gasteiger partial charge >= 0.3 is 0 Å². The maximum atomic E-state index is 9.88. The van der Waals surface area contributed by atoms with Crippen LogP contribution < -0.4 is 5.48 Å². The van der Waals surface area contributed by atoms with Gasteiger partial charge in [-0.25, -0.2) is 4.68 Å². The van der Waals surface area contributed by atoms with Gasteiger partial charge in [0.1, 0.15) is 11.5 Å². The van der Waals surface area contributed by atoms with Gasteiger partial charge in [0.25, 0.3) is 0 Å². The van der Waals surface area contributed by atoms with E-state index in [1.54, 1.807) is 23.2 Å². The molecule has 116 valence electrons. The van der Waals surface area contributed by atoms with Crippen LogP contribution in [0.25, 0.3) is 17.5 Å². The zero-order valence-electron chi connectivity index (χ0n) is 12.1. The number of aromatic hydroxyl groups is 2. The zero-order chi connectivity index (χ0) is 16.2. The van der Waals surface area contributed by atoms with E-state index in [4.69, 9.17) is 0 Å². The van der Waals surface area contributed by atoms with Gasteiger partial charge in [-0.15, -0.1) is 0 Å². The van der Waals surface area contributed by atoms with Gasteiger partial charge in [0, 0.05) is 23.4 Å². The topological polar surface area (TPSA) is 90.5 Å². The number of nitrogens with one attached hydrogen (secondary N) is 1. The molecule has 0 aliphatic heterocycles. The minimum Gasteiger partial charge on any atom is -0.508 e. The number of phenols is 2. The summed E-state index contributed by atoms with van der Waals surface area (Å²) in [4.78, 5) is 0. The first-order chi connectivity index (χ1) is 11.2. The Balaban J connectivity index is 1.94. The number of nitrogens with zero attached hydrogens (tertiary/aromatic N) is 2. The van der Waals surface area contributed by atoms with Crippen LogP contribution in [0.2, 0.25) is 0 Å². The van der Waals surface area contributed by atoms with E-state index in [1.807, 2.05) is 30.3 Å². The second-order valence-electron chi connectivity index (χ2n) is 4.93. The van der Waals surface area contributed by atoms with Crippen LogP contribution >= 0.6 is 0 Å². The van der Waals surface area contributed by atoms with Gasteiger partial charge < -0.3 is 10.2 Å². The van der Waals surface area contributed by atoms with Crippen LogP contribution in [-0.2, 0) is 0 Å². The van der Waals surface area contributed by atoms with Gasteiger partial charge in [0.05, 0.1) is 17.6 Å². The number of phenolic OH excluding ortho intramolecular Hbond substituents is 2. The van der Waals surface area contributed by atoms with Crippen molar-refractivity contribution in [2.24, 2.45) is 0 Å². The molecular weight excluding hydrogens is 294 g/mol. The van der Waals surface area contributed by atoms with E-state index in [0.717, 1.165) is 11.3 Å². The molecule has 0 amide bonds. The summed E-state index contributed by atoms with van der Waals surface area (Å²) in [6.07, 6.45) is 5.07. The number of hydrogen-bond acceptors (Lipinski definition) is 5. The Morgan fingerprint density at radius 1 is 1.09 bits per heavy atom. The fourth-order valence-corrected chi connectivity index (χ4v) is 2.22. The monoisotopic (exact) mass is 309 g/mol. The molecule has 0 radical (unpaired) electrons. The number of hydrogen-bond donors (Lipinski definition) is 4. The number of rotatable bonds is 4. The van der Waals surface area contributed by atoms with Gasteiger partial charge in [0.15, 0.2) is 0 Å². The minimum atomic E-state index is -0.145. The summed E-state index contributed by atoms with van der Waals surface area (Å²) in [6, 6.07) is 13.7. The van der Waals surface area contributed by atoms with E-state index in [9.17, 15) is 15.4 Å². The molecule has 0 atom stereocenters. The lowest BCUT2D eigenvalue weighted by Gasteiger charge is -2.08. The number of benzene rings is 2. The molecular formula is C17H15N3O3. The van der Waals surface area contributed by atoms with E-state index < -0.39 is 0 Å². The molecule has 0 aliphatic rings. The summed E-state index contributed by atoms with van der Waals surface area (Å²) in [5, 5.41) is 32.8. The molecule has 2 aromatic carbocycles. The third-order valence-corrected chi connectivity index (χ3v) is 3.33. The van der Waals surface area contributed by atoms with Crippen molar-refractivity contribution in [3.8, 4) is 17.2 Å². The maximum Gasteiger partial charge on any atom is 0.128 e. The van der Waals surface area contributed by atoms with Gasteiger partial charge in [-0.2, -0.15) is 5.10 Å². The summed E-state index contributed by atoms with van der Waals surface area (Å²) in [5.41, 5.74) is 4.35. The lowest BCUT2D eigenvalue weighted by atomic mass is 10.1. The third-order valence-electron chi connectivity index (χ3n) is 3.33. The lowest BCUT2D eigenvalue weighted by molar-refractivity contribution is 0.225. The molecule has 0 aliphatic carbocycles. The summed E-state index contributed by atoms with van der Waals surface area (Å²) < 4.78 is 1.71. The molecule has 6 nitrogen and oxygen atoms in total. The number of hydroxylamine groups is 1. The Hall–Kier alpha value is -3.25. The lowest BCUT2D eigenvalue weighted by Crippen LogP contribution is -2.05. The molecule has 1 aromatic heterocycles. The molecule has 6 heteroatoms. The molecule has 3 aromatic rings. The highest BCUT2D eigenvalue weighted by Gasteiger charge is 2.09. The first kappa shape index (κ1) is 14.7. The van der Waals surface area contributed by atoms with Crippen molar-refractivity contribution in [1.29, 1.82) is 0 Å². The molecule has 0 bridgehead atoms. The Morgan fingerprint density at radius 3 is 2.57 bits per heavy atom. The highest BCUT2D eigenvalue weighted by Crippen LogP contribution is 2.28. The fourth-order valence-electron chi connectivity index (χ4n) is 2.22. The van der Waals surface area contributed by atoms with Crippen molar-refractivity contribution < 1.29 is 15.4 Å². The molecule has 0 unspecified atom stereocenters. The quantitative estimate of drug-likeness (QED) is 0.556. The van der Waals surface area contributed by atoms with Crippen LogP contribution in [0.3, 0.4) is 0 Å². The SMILES string of the molecule is ON/C(=C\c1cnn(-c2ccccc2)c1)c1ccc(O)cc1O. The third kappa shape index (κ3) is 3.17. The second kappa shape index (κ2) is 6.25. The molecule has 1 heterocycles. The Morgan fingerprint density at radius 2 is 1.87 bits per heavy atom. The summed E-state index contributed by atoms with van der Waals surface area (Å²) in [6.45, 7) is 0. The first-order valence-electron chi connectivity index (χ1n) is 6.91. The molecule has 0 spiro atoms. The fraction of sp³-hybridized carbons (Fsp3) is 0. The second-order valence-corrected chi connectivity index (χ2v) is 4.93. The number of para-hydroxylation sites is 1. The van der Waals surface area contributed by atoms with Crippen molar-refractivity contribution >= 4 is 11.8 Å². The van der Waals surface area contributed by atoms with Gasteiger partial charge in [-0.1, -0.05) is 18.2 Å². The van der Waals surface area contributed by atoms with Gasteiger partial charge in [-0.05, 0) is 30.3 Å². The molecule has 23 heavy (non-hydrogen) atoms. The van der Waals surface area contributed by atoms with Gasteiger partial charge in [-0.3, -0.25) is 10.7 Å². The molecule has 4 N–H and O–H groups in total. The van der Waals surface area contributed by atoms with E-state index in [-0.39, 0.29) is 17.2 Å². The van der Waals surface area contributed by atoms with Crippen LogP contribution in [0, 0.1) is 0 Å². The van der Waals surface area contributed by atoms with E-state index in [2.05, 4.69) is 10.6 Å². The van der Waals surface area contributed by atoms with E-state index in [1.165, 1.54) is 18.2 Å². The van der Waals surface area contributed by atoms with E-state index >= 15 is 0 Å². The standard InChI is InChI=1S/C17H15N3O3/c21-14-6-7-15(17(22)9-14)16(19-23)8-12-10-18-20(11-12)13-4-2-1-3-5-13/h1-11,19,21-23H/b16-8-. The number of aromatic nitrogens is 2. The average Bonchev–Trinajstić information content (AvgIpc) is 3.03. The maximum absolute atomic E-state index is 9.88. The van der Waals surface area contributed by atoms with Crippen molar-refractivity contribution in [1.82, 2.24) is 15.3 Å². The normalized spacial score (nSPS) is 11.4. The van der Waals surface area contributed by atoms with Crippen LogP contribution in [0.15, 0.2) is 60.9 Å². The zero-order valence-corrected chi connectivity index (χ0v) is 12.1. The Kier molecular flexibility index (Phi) is 3.99. The van der Waals surface area contributed by atoms with Crippen molar-refractivity contribution in [2.45, 2.75) is 0 Å². The Bertz CT molecular complexity index is 841. The van der Waals surface area contributed by atoms with Crippen LogP contribution in [0.4, 0.5) is 0 Å². The van der Waals surface area contributed by atoms with Crippen LogP contribution in [0.5, 0.6) is 11.5 Å².